The third kappa shape index (κ3) is 2.50. The molecule has 2 N–H and O–H groups in total. The molecule has 1 saturated heterocycles. The minimum atomic E-state index is -0.230. The Balaban J connectivity index is 2.31. The summed E-state index contributed by atoms with van der Waals surface area (Å²) >= 11 is 0. The van der Waals surface area contributed by atoms with E-state index in [2.05, 4.69) is 11.4 Å². The van der Waals surface area contributed by atoms with Crippen LogP contribution in [0, 0.1) is 6.92 Å². The zero-order chi connectivity index (χ0) is 12.3. The number of ether oxygens (including phenoxy) is 1. The van der Waals surface area contributed by atoms with E-state index in [0.29, 0.717) is 11.5 Å². The molecule has 0 aromatic heterocycles. The van der Waals surface area contributed by atoms with E-state index in [-0.39, 0.29) is 5.97 Å². The third-order valence-corrected chi connectivity index (χ3v) is 3.66. The van der Waals surface area contributed by atoms with Crippen molar-refractivity contribution in [2.24, 2.45) is 0 Å². The molecule has 1 aliphatic rings. The van der Waals surface area contributed by atoms with Gasteiger partial charge in [0, 0.05) is 12.8 Å². The van der Waals surface area contributed by atoms with Crippen LogP contribution in [0.15, 0.2) is 18.2 Å². The van der Waals surface area contributed by atoms with Crippen molar-refractivity contribution in [2.45, 2.75) is 25.7 Å². The van der Waals surface area contributed by atoms with Gasteiger partial charge in [0.15, 0.2) is 0 Å². The number of hydrogen-bond donors (Lipinski definition) is 1. The molecule has 3 nitrogen and oxygen atoms in total. The summed E-state index contributed by atoms with van der Waals surface area (Å²) < 4.78 is 4.81. The number of esters is 1. The SMILES string of the molecule is COC(=O)c1cccc(C2CC[NH2+]CC2)c1C. The van der Waals surface area contributed by atoms with E-state index in [4.69, 9.17) is 4.74 Å². The quantitative estimate of drug-likeness (QED) is 0.782. The van der Waals surface area contributed by atoms with Crippen molar-refractivity contribution in [1.29, 1.82) is 0 Å². The van der Waals surface area contributed by atoms with Gasteiger partial charge in [-0.05, 0) is 30.0 Å². The van der Waals surface area contributed by atoms with Gasteiger partial charge in [0.05, 0.1) is 25.8 Å². The van der Waals surface area contributed by atoms with Crippen LogP contribution in [0.4, 0.5) is 0 Å². The summed E-state index contributed by atoms with van der Waals surface area (Å²) in [5.74, 6) is 0.372. The number of methoxy groups -OCH3 is 1. The first kappa shape index (κ1) is 12.1. The van der Waals surface area contributed by atoms with Gasteiger partial charge in [-0.15, -0.1) is 0 Å². The van der Waals surface area contributed by atoms with Gasteiger partial charge in [-0.3, -0.25) is 0 Å². The second-order valence-corrected chi connectivity index (χ2v) is 4.65. The lowest BCUT2D eigenvalue weighted by Crippen LogP contribution is -2.86. The first-order valence-electron chi connectivity index (χ1n) is 6.23. The van der Waals surface area contributed by atoms with E-state index in [0.717, 1.165) is 5.56 Å². The van der Waals surface area contributed by atoms with Gasteiger partial charge in [-0.25, -0.2) is 4.79 Å². The van der Waals surface area contributed by atoms with Crippen molar-refractivity contribution < 1.29 is 14.8 Å². The van der Waals surface area contributed by atoms with Gasteiger partial charge in [-0.2, -0.15) is 0 Å². The van der Waals surface area contributed by atoms with Crippen LogP contribution < -0.4 is 5.32 Å². The van der Waals surface area contributed by atoms with Crippen molar-refractivity contribution in [3.05, 3.63) is 34.9 Å². The molecule has 92 valence electrons. The molecular formula is C14H20NO2+. The highest BCUT2D eigenvalue weighted by molar-refractivity contribution is 5.91. The van der Waals surface area contributed by atoms with Gasteiger partial charge in [0.1, 0.15) is 0 Å². The lowest BCUT2D eigenvalue weighted by Gasteiger charge is -2.23. The Kier molecular flexibility index (Phi) is 3.79. The predicted octanol–water partition coefficient (Wildman–Crippen LogP) is 1.22. The number of rotatable bonds is 2. The zero-order valence-corrected chi connectivity index (χ0v) is 10.5. The maximum Gasteiger partial charge on any atom is 0.338 e. The van der Waals surface area contributed by atoms with E-state index in [1.807, 2.05) is 19.1 Å². The molecule has 0 spiro atoms. The van der Waals surface area contributed by atoms with Gasteiger partial charge in [-0.1, -0.05) is 12.1 Å². The largest absolute Gasteiger partial charge is 0.465 e. The summed E-state index contributed by atoms with van der Waals surface area (Å²) in [6, 6.07) is 5.96. The minimum Gasteiger partial charge on any atom is -0.465 e. The third-order valence-electron chi connectivity index (χ3n) is 3.66. The second-order valence-electron chi connectivity index (χ2n) is 4.65. The minimum absolute atomic E-state index is 0.230. The maximum atomic E-state index is 11.6. The number of hydrogen-bond acceptors (Lipinski definition) is 2. The van der Waals surface area contributed by atoms with E-state index in [9.17, 15) is 4.79 Å². The molecule has 0 aliphatic carbocycles. The number of carbonyl (C=O) groups is 1. The number of benzene rings is 1. The van der Waals surface area contributed by atoms with E-state index in [1.165, 1.54) is 38.6 Å². The standard InChI is InChI=1S/C14H19NO2/c1-10-12(11-6-8-15-9-7-11)4-3-5-13(10)14(16)17-2/h3-5,11,15H,6-9H2,1-2H3/p+1. The smallest absolute Gasteiger partial charge is 0.338 e. The number of quaternary nitrogens is 1. The van der Waals surface area contributed by atoms with Crippen molar-refractivity contribution in [1.82, 2.24) is 0 Å². The molecule has 0 bridgehead atoms. The Labute approximate surface area is 102 Å². The highest BCUT2D eigenvalue weighted by Gasteiger charge is 2.21. The van der Waals surface area contributed by atoms with Crippen molar-refractivity contribution in [2.75, 3.05) is 20.2 Å². The Hall–Kier alpha value is -1.35. The highest BCUT2D eigenvalue weighted by Crippen LogP contribution is 2.28. The molecule has 17 heavy (non-hydrogen) atoms. The molecule has 0 radical (unpaired) electrons. The fourth-order valence-electron chi connectivity index (χ4n) is 2.66. The predicted molar refractivity (Wildman–Crippen MR) is 66.2 cm³/mol. The fourth-order valence-corrected chi connectivity index (χ4v) is 2.66. The van der Waals surface area contributed by atoms with Crippen LogP contribution >= 0.6 is 0 Å². The molecule has 2 rings (SSSR count). The van der Waals surface area contributed by atoms with Gasteiger partial charge in [0.25, 0.3) is 0 Å². The normalized spacial score (nSPS) is 16.8. The maximum absolute atomic E-state index is 11.6. The highest BCUT2D eigenvalue weighted by atomic mass is 16.5. The van der Waals surface area contributed by atoms with Crippen LogP contribution in [-0.4, -0.2) is 26.2 Å². The lowest BCUT2D eigenvalue weighted by molar-refractivity contribution is -0.663. The summed E-state index contributed by atoms with van der Waals surface area (Å²) in [6.45, 7) is 4.40. The summed E-state index contributed by atoms with van der Waals surface area (Å²) in [7, 11) is 1.43. The Morgan fingerprint density at radius 3 is 2.71 bits per heavy atom. The lowest BCUT2D eigenvalue weighted by atomic mass is 9.86. The number of nitrogens with two attached hydrogens (primary N) is 1. The molecule has 0 saturated carbocycles. The summed E-state index contributed by atoms with van der Waals surface area (Å²) in [6.07, 6.45) is 2.40. The monoisotopic (exact) mass is 234 g/mol. The van der Waals surface area contributed by atoms with Gasteiger partial charge >= 0.3 is 5.97 Å². The molecule has 0 unspecified atom stereocenters. The molecule has 0 amide bonds. The topological polar surface area (TPSA) is 42.9 Å². The second kappa shape index (κ2) is 5.32. The summed E-state index contributed by atoms with van der Waals surface area (Å²) in [5, 5.41) is 2.36. The van der Waals surface area contributed by atoms with E-state index < -0.39 is 0 Å². The molecule has 1 heterocycles. The van der Waals surface area contributed by atoms with Crippen molar-refractivity contribution in [3.8, 4) is 0 Å². The molecular weight excluding hydrogens is 214 g/mol. The van der Waals surface area contributed by atoms with E-state index >= 15 is 0 Å². The Morgan fingerprint density at radius 1 is 1.35 bits per heavy atom. The van der Waals surface area contributed by atoms with Crippen LogP contribution in [0.3, 0.4) is 0 Å². The average molecular weight is 234 g/mol. The molecule has 1 fully saturated rings. The molecule has 1 aromatic carbocycles. The molecule has 3 heteroatoms. The first-order chi connectivity index (χ1) is 8.24. The van der Waals surface area contributed by atoms with E-state index in [1.54, 1.807) is 0 Å². The molecule has 1 aromatic rings. The zero-order valence-electron chi connectivity index (χ0n) is 10.5. The van der Waals surface area contributed by atoms with Gasteiger partial charge in [0.2, 0.25) is 0 Å². The van der Waals surface area contributed by atoms with Crippen LogP contribution in [0.2, 0.25) is 0 Å². The van der Waals surface area contributed by atoms with Crippen LogP contribution in [0.25, 0.3) is 0 Å². The number of piperidine rings is 1. The summed E-state index contributed by atoms with van der Waals surface area (Å²) in [4.78, 5) is 11.6. The van der Waals surface area contributed by atoms with Gasteiger partial charge < -0.3 is 10.1 Å². The average Bonchev–Trinajstić information content (AvgIpc) is 2.39. The number of carbonyl (C=O) groups excluding carboxylic acids is 1. The van der Waals surface area contributed by atoms with Crippen molar-refractivity contribution >= 4 is 5.97 Å². The molecule has 0 atom stereocenters. The molecule has 1 aliphatic heterocycles. The summed E-state index contributed by atoms with van der Waals surface area (Å²) in [5.41, 5.74) is 3.12. The van der Waals surface area contributed by atoms with Crippen LogP contribution in [0.1, 0.15) is 40.2 Å². The first-order valence-corrected chi connectivity index (χ1v) is 6.23. The van der Waals surface area contributed by atoms with Crippen LogP contribution in [0.5, 0.6) is 0 Å². The Morgan fingerprint density at radius 2 is 2.06 bits per heavy atom. The Bertz CT molecular complexity index is 409. The van der Waals surface area contributed by atoms with Crippen molar-refractivity contribution in [3.63, 3.8) is 0 Å². The fraction of sp³-hybridized carbons (Fsp3) is 0.500. The van der Waals surface area contributed by atoms with Crippen LogP contribution in [-0.2, 0) is 4.74 Å².